The molecule has 0 saturated heterocycles. The molecule has 0 unspecified atom stereocenters. The van der Waals surface area contributed by atoms with Crippen LogP contribution in [0.15, 0.2) is 0 Å². The molecule has 0 radical (unpaired) electrons. The highest BCUT2D eigenvalue weighted by Crippen LogP contribution is 2.64. The van der Waals surface area contributed by atoms with Crippen molar-refractivity contribution in [3.05, 3.63) is 0 Å². The third-order valence-corrected chi connectivity index (χ3v) is 2.27. The van der Waals surface area contributed by atoms with Gasteiger partial charge in [-0.3, -0.25) is 0 Å². The molecule has 1 nitrogen and oxygen atoms in total. The third-order valence-electron chi connectivity index (χ3n) is 2.27. The van der Waals surface area contributed by atoms with Crippen LogP contribution in [0.5, 0.6) is 0 Å². The Balaban J connectivity index is 2.66. The largest absolute Gasteiger partial charge is 0.396 e. The third kappa shape index (κ3) is 0.611. The molecule has 0 spiro atoms. The molecule has 1 fully saturated rings. The summed E-state index contributed by atoms with van der Waals surface area (Å²) in [6, 6.07) is 0. The van der Waals surface area contributed by atoms with E-state index in [1.54, 1.807) is 0 Å². The maximum Gasteiger partial charge on any atom is 0.259 e. The maximum atomic E-state index is 12.4. The van der Waals surface area contributed by atoms with Crippen LogP contribution in [0.1, 0.15) is 13.8 Å². The number of halogens is 2. The summed E-state index contributed by atoms with van der Waals surface area (Å²) in [6.07, 6.45) is 0. The lowest BCUT2D eigenvalue weighted by atomic mass is 10.1. The fraction of sp³-hybridized carbons (Fsp3) is 1.00. The summed E-state index contributed by atoms with van der Waals surface area (Å²) >= 11 is 0. The van der Waals surface area contributed by atoms with Crippen LogP contribution in [-0.4, -0.2) is 17.6 Å². The molecule has 0 amide bonds. The average molecular weight is 136 g/mol. The Labute approximate surface area is 52.7 Å². The van der Waals surface area contributed by atoms with E-state index in [2.05, 4.69) is 0 Å². The first-order chi connectivity index (χ1) is 3.94. The van der Waals surface area contributed by atoms with E-state index in [0.717, 1.165) is 0 Å². The summed E-state index contributed by atoms with van der Waals surface area (Å²) in [5.74, 6) is -3.45. The van der Waals surface area contributed by atoms with E-state index in [-0.39, 0.29) is 0 Å². The van der Waals surface area contributed by atoms with Gasteiger partial charge in [0.25, 0.3) is 5.92 Å². The van der Waals surface area contributed by atoms with E-state index in [4.69, 9.17) is 5.11 Å². The molecular weight excluding hydrogens is 126 g/mol. The van der Waals surface area contributed by atoms with Crippen LogP contribution in [0.3, 0.4) is 0 Å². The van der Waals surface area contributed by atoms with Gasteiger partial charge in [0.15, 0.2) is 0 Å². The van der Waals surface area contributed by atoms with Crippen LogP contribution in [-0.2, 0) is 0 Å². The molecule has 1 atom stereocenters. The van der Waals surface area contributed by atoms with Gasteiger partial charge in [-0.15, -0.1) is 0 Å². The van der Waals surface area contributed by atoms with Crippen LogP contribution in [0.25, 0.3) is 0 Å². The fourth-order valence-electron chi connectivity index (χ4n) is 1.10. The Kier molecular flexibility index (Phi) is 1.12. The van der Waals surface area contributed by atoms with Gasteiger partial charge in [-0.05, 0) is 0 Å². The number of hydrogen-bond acceptors (Lipinski definition) is 1. The van der Waals surface area contributed by atoms with Crippen molar-refractivity contribution in [3.63, 3.8) is 0 Å². The fourth-order valence-corrected chi connectivity index (χ4v) is 1.10. The summed E-state index contributed by atoms with van der Waals surface area (Å²) in [7, 11) is 0. The Morgan fingerprint density at radius 2 is 1.78 bits per heavy atom. The zero-order chi connectivity index (χ0) is 7.28. The van der Waals surface area contributed by atoms with Gasteiger partial charge in [0.1, 0.15) is 0 Å². The van der Waals surface area contributed by atoms with Crippen molar-refractivity contribution in [1.29, 1.82) is 0 Å². The average Bonchev–Trinajstić information content (AvgIpc) is 2.00. The molecule has 0 bridgehead atoms. The second-order valence-corrected chi connectivity index (χ2v) is 3.08. The maximum absolute atomic E-state index is 12.4. The number of aliphatic hydroxyl groups is 1. The van der Waals surface area contributed by atoms with Crippen molar-refractivity contribution in [2.24, 2.45) is 11.3 Å². The molecule has 1 saturated carbocycles. The Bertz CT molecular complexity index is 117. The second-order valence-electron chi connectivity index (χ2n) is 3.08. The van der Waals surface area contributed by atoms with E-state index in [1.807, 2.05) is 0 Å². The number of alkyl halides is 2. The molecule has 1 N–H and O–H groups in total. The second kappa shape index (κ2) is 1.45. The van der Waals surface area contributed by atoms with Gasteiger partial charge in [0, 0.05) is 5.41 Å². The predicted octanol–water partition coefficient (Wildman–Crippen LogP) is 1.27. The van der Waals surface area contributed by atoms with Gasteiger partial charge >= 0.3 is 0 Å². The van der Waals surface area contributed by atoms with Crippen molar-refractivity contribution in [2.75, 3.05) is 6.61 Å². The highest BCUT2D eigenvalue weighted by Gasteiger charge is 2.74. The van der Waals surface area contributed by atoms with Crippen LogP contribution < -0.4 is 0 Å². The summed E-state index contributed by atoms with van der Waals surface area (Å²) in [4.78, 5) is 0. The quantitative estimate of drug-likeness (QED) is 0.575. The summed E-state index contributed by atoms with van der Waals surface area (Å²) < 4.78 is 24.8. The van der Waals surface area contributed by atoms with Gasteiger partial charge in [0.2, 0.25) is 0 Å². The number of rotatable bonds is 1. The SMILES string of the molecule is CC1(C)[C@H](CO)C1(F)F. The zero-order valence-electron chi connectivity index (χ0n) is 5.49. The van der Waals surface area contributed by atoms with Crippen LogP contribution in [0.4, 0.5) is 8.78 Å². The normalized spacial score (nSPS) is 36.3. The highest BCUT2D eigenvalue weighted by molar-refractivity contribution is 5.12. The molecule has 0 heterocycles. The first-order valence-electron chi connectivity index (χ1n) is 2.93. The van der Waals surface area contributed by atoms with Crippen LogP contribution in [0, 0.1) is 11.3 Å². The lowest BCUT2D eigenvalue weighted by Crippen LogP contribution is -1.99. The van der Waals surface area contributed by atoms with E-state index < -0.39 is 23.9 Å². The van der Waals surface area contributed by atoms with Crippen molar-refractivity contribution in [2.45, 2.75) is 19.8 Å². The molecule has 0 aromatic carbocycles. The van der Waals surface area contributed by atoms with E-state index in [0.29, 0.717) is 0 Å². The van der Waals surface area contributed by atoms with Crippen LogP contribution >= 0.6 is 0 Å². The zero-order valence-corrected chi connectivity index (χ0v) is 5.49. The molecule has 0 aliphatic heterocycles. The molecule has 1 aliphatic carbocycles. The minimum atomic E-state index is -2.64. The van der Waals surface area contributed by atoms with Crippen molar-refractivity contribution < 1.29 is 13.9 Å². The van der Waals surface area contributed by atoms with Gasteiger partial charge in [-0.25, -0.2) is 8.78 Å². The summed E-state index contributed by atoms with van der Waals surface area (Å²) in [6.45, 7) is 2.53. The molecule has 9 heavy (non-hydrogen) atoms. The van der Waals surface area contributed by atoms with Gasteiger partial charge < -0.3 is 5.11 Å². The summed E-state index contributed by atoms with van der Waals surface area (Å²) in [5, 5.41) is 8.40. The first-order valence-corrected chi connectivity index (χ1v) is 2.93. The van der Waals surface area contributed by atoms with E-state index in [1.165, 1.54) is 13.8 Å². The lowest BCUT2D eigenvalue weighted by molar-refractivity contribution is 0.0592. The van der Waals surface area contributed by atoms with Gasteiger partial charge in [-0.1, -0.05) is 13.8 Å². The highest BCUT2D eigenvalue weighted by atomic mass is 19.3. The Morgan fingerprint density at radius 3 is 1.78 bits per heavy atom. The molecule has 3 heteroatoms. The first kappa shape index (κ1) is 6.93. The minimum Gasteiger partial charge on any atom is -0.396 e. The van der Waals surface area contributed by atoms with Crippen LogP contribution in [0.2, 0.25) is 0 Å². The predicted molar refractivity (Wildman–Crippen MR) is 29.3 cm³/mol. The Hall–Kier alpha value is -0.180. The monoisotopic (exact) mass is 136 g/mol. The van der Waals surface area contributed by atoms with E-state index >= 15 is 0 Å². The standard InChI is InChI=1S/C6H10F2O/c1-5(2)4(3-9)6(5,7)8/h4,9H,3H2,1-2H3/t4-/m0/s1. The lowest BCUT2D eigenvalue weighted by Gasteiger charge is -1.96. The topological polar surface area (TPSA) is 20.2 Å². The molecular formula is C6H10F2O. The van der Waals surface area contributed by atoms with Crippen molar-refractivity contribution >= 4 is 0 Å². The molecule has 0 aromatic heterocycles. The number of hydrogen-bond donors (Lipinski definition) is 1. The molecule has 1 aliphatic rings. The van der Waals surface area contributed by atoms with Crippen molar-refractivity contribution in [3.8, 4) is 0 Å². The molecule has 54 valence electrons. The van der Waals surface area contributed by atoms with E-state index in [9.17, 15) is 8.78 Å². The number of aliphatic hydroxyl groups excluding tert-OH is 1. The smallest absolute Gasteiger partial charge is 0.259 e. The Morgan fingerprint density at radius 1 is 1.44 bits per heavy atom. The molecule has 0 aromatic rings. The van der Waals surface area contributed by atoms with Gasteiger partial charge in [0.05, 0.1) is 12.5 Å². The minimum absolute atomic E-state index is 0.403. The summed E-state index contributed by atoms with van der Waals surface area (Å²) in [5.41, 5.74) is -0.970. The molecule has 1 rings (SSSR count). The van der Waals surface area contributed by atoms with Crippen molar-refractivity contribution in [1.82, 2.24) is 0 Å². The van der Waals surface area contributed by atoms with Gasteiger partial charge in [-0.2, -0.15) is 0 Å².